The minimum absolute atomic E-state index is 0.0657. The van der Waals surface area contributed by atoms with E-state index in [1.54, 1.807) is 18.9 Å². The SMILES string of the molecule is COc1c(C(C)C)cc(SC(C)(C)Sc2cc(C(C)(C)C)c(OC(=O)CCC(=O)O)c(C(C)(C)C)c2)cc1C(C)(C)C. The Hall–Kier alpha value is -2.12. The second-order valence-corrected chi connectivity index (χ2v) is 18.5. The third-order valence-electron chi connectivity index (χ3n) is 6.89. The molecule has 0 aliphatic heterocycles. The highest BCUT2D eigenvalue weighted by Crippen LogP contribution is 2.51. The lowest BCUT2D eigenvalue weighted by molar-refractivity contribution is -0.142. The van der Waals surface area contributed by atoms with E-state index < -0.39 is 11.9 Å². The molecule has 0 aliphatic carbocycles. The van der Waals surface area contributed by atoms with Gasteiger partial charge in [-0.2, -0.15) is 0 Å². The molecule has 0 saturated heterocycles. The predicted molar refractivity (Wildman–Crippen MR) is 178 cm³/mol. The maximum Gasteiger partial charge on any atom is 0.311 e. The van der Waals surface area contributed by atoms with Gasteiger partial charge in [-0.3, -0.25) is 9.59 Å². The highest BCUT2D eigenvalue weighted by atomic mass is 32.2. The van der Waals surface area contributed by atoms with E-state index in [-0.39, 0.29) is 33.2 Å². The number of carboxylic acids is 1. The van der Waals surface area contributed by atoms with Crippen molar-refractivity contribution in [2.45, 2.75) is 139 Å². The van der Waals surface area contributed by atoms with Gasteiger partial charge in [0, 0.05) is 26.5 Å². The van der Waals surface area contributed by atoms with Crippen molar-refractivity contribution < 1.29 is 24.2 Å². The van der Waals surface area contributed by atoms with E-state index in [1.807, 2.05) is 11.8 Å². The van der Waals surface area contributed by atoms with Crippen molar-refractivity contribution in [3.63, 3.8) is 0 Å². The lowest BCUT2D eigenvalue weighted by Crippen LogP contribution is -2.22. The third kappa shape index (κ3) is 9.70. The Morgan fingerprint density at radius 2 is 1.12 bits per heavy atom. The van der Waals surface area contributed by atoms with Crippen LogP contribution in [0.1, 0.15) is 131 Å². The number of benzene rings is 2. The molecular weight excluding hydrogens is 565 g/mol. The molecule has 0 amide bonds. The molecule has 0 heterocycles. The number of thioether (sulfide) groups is 2. The Balaban J connectivity index is 2.60. The molecule has 0 aromatic heterocycles. The summed E-state index contributed by atoms with van der Waals surface area (Å²) >= 11 is 3.63. The number of carbonyl (C=O) groups excluding carboxylic acids is 1. The summed E-state index contributed by atoms with van der Waals surface area (Å²) in [5.74, 6) is 0.307. The van der Waals surface area contributed by atoms with Gasteiger partial charge in [0.1, 0.15) is 11.5 Å². The second kappa shape index (κ2) is 13.3. The minimum Gasteiger partial charge on any atom is -0.496 e. The number of hydrogen-bond acceptors (Lipinski definition) is 6. The Kier molecular flexibility index (Phi) is 11.4. The molecule has 0 unspecified atom stereocenters. The van der Waals surface area contributed by atoms with E-state index in [1.165, 1.54) is 16.0 Å². The summed E-state index contributed by atoms with van der Waals surface area (Å²) in [5.41, 5.74) is 3.61. The van der Waals surface area contributed by atoms with Crippen LogP contribution in [0.2, 0.25) is 0 Å². The van der Waals surface area contributed by atoms with Crippen LogP contribution in [0.15, 0.2) is 34.1 Å². The normalized spacial score (nSPS) is 12.9. The van der Waals surface area contributed by atoms with Crippen LogP contribution in [-0.2, 0) is 25.8 Å². The highest BCUT2D eigenvalue weighted by molar-refractivity contribution is 8.18. The average Bonchev–Trinajstić information content (AvgIpc) is 2.80. The first-order valence-corrected chi connectivity index (χ1v) is 16.3. The van der Waals surface area contributed by atoms with E-state index in [0.717, 1.165) is 21.8 Å². The first-order chi connectivity index (χ1) is 19.0. The van der Waals surface area contributed by atoms with Crippen LogP contribution in [0.25, 0.3) is 0 Å². The first-order valence-electron chi connectivity index (χ1n) is 14.7. The summed E-state index contributed by atoms with van der Waals surface area (Å²) in [6.45, 7) is 28.2. The number of methoxy groups -OCH3 is 1. The third-order valence-corrected chi connectivity index (χ3v) is 9.32. The summed E-state index contributed by atoms with van der Waals surface area (Å²) in [4.78, 5) is 26.1. The molecule has 0 spiro atoms. The van der Waals surface area contributed by atoms with Crippen LogP contribution in [-0.4, -0.2) is 28.2 Å². The second-order valence-electron chi connectivity index (χ2n) is 14.8. The Bertz CT molecular complexity index is 1250. The number of esters is 1. The van der Waals surface area contributed by atoms with Crippen LogP contribution in [0.3, 0.4) is 0 Å². The van der Waals surface area contributed by atoms with Gasteiger partial charge in [0.25, 0.3) is 0 Å². The van der Waals surface area contributed by atoms with Gasteiger partial charge in [-0.1, -0.05) is 76.2 Å². The van der Waals surface area contributed by atoms with Gasteiger partial charge in [0.2, 0.25) is 0 Å². The van der Waals surface area contributed by atoms with E-state index in [2.05, 4.69) is 114 Å². The lowest BCUT2D eigenvalue weighted by atomic mass is 9.79. The molecule has 0 fully saturated rings. The van der Waals surface area contributed by atoms with Gasteiger partial charge < -0.3 is 14.6 Å². The monoisotopic (exact) mass is 616 g/mol. The number of carboxylic acid groups (broad SMARTS) is 1. The number of aliphatic carboxylic acids is 1. The Morgan fingerprint density at radius 3 is 1.48 bits per heavy atom. The molecule has 234 valence electrons. The fourth-order valence-corrected chi connectivity index (χ4v) is 7.34. The van der Waals surface area contributed by atoms with Crippen LogP contribution in [0, 0.1) is 0 Å². The summed E-state index contributed by atoms with van der Waals surface area (Å²) in [6.07, 6.45) is -0.422. The van der Waals surface area contributed by atoms with Crippen molar-refractivity contribution in [2.75, 3.05) is 7.11 Å². The molecule has 0 saturated carbocycles. The highest BCUT2D eigenvalue weighted by Gasteiger charge is 2.32. The quantitative estimate of drug-likeness (QED) is 0.123. The smallest absolute Gasteiger partial charge is 0.311 e. The fraction of sp³-hybridized carbons (Fsp3) is 0.600. The van der Waals surface area contributed by atoms with Crippen LogP contribution >= 0.6 is 23.5 Å². The molecule has 5 nitrogen and oxygen atoms in total. The minimum atomic E-state index is -1.02. The first kappa shape index (κ1) is 36.1. The van der Waals surface area contributed by atoms with E-state index in [9.17, 15) is 9.59 Å². The van der Waals surface area contributed by atoms with Gasteiger partial charge in [-0.15, -0.1) is 23.5 Å². The van der Waals surface area contributed by atoms with E-state index in [4.69, 9.17) is 14.6 Å². The van der Waals surface area contributed by atoms with Crippen molar-refractivity contribution in [1.29, 1.82) is 0 Å². The maximum absolute atomic E-state index is 12.7. The molecule has 7 heteroatoms. The predicted octanol–water partition coefficient (Wildman–Crippen LogP) is 10.1. The van der Waals surface area contributed by atoms with Gasteiger partial charge in [0.15, 0.2) is 0 Å². The van der Waals surface area contributed by atoms with Crippen molar-refractivity contribution in [1.82, 2.24) is 0 Å². The number of carbonyl (C=O) groups is 2. The summed E-state index contributed by atoms with van der Waals surface area (Å²) < 4.78 is 11.6. The topological polar surface area (TPSA) is 72.8 Å². The Labute approximate surface area is 262 Å². The van der Waals surface area contributed by atoms with E-state index in [0.29, 0.717) is 11.7 Å². The number of ether oxygens (including phenoxy) is 2. The fourth-order valence-electron chi connectivity index (χ4n) is 4.74. The van der Waals surface area contributed by atoms with Gasteiger partial charge in [-0.25, -0.2) is 0 Å². The molecule has 0 bridgehead atoms. The molecule has 0 aliphatic rings. The van der Waals surface area contributed by atoms with Crippen molar-refractivity contribution in [3.8, 4) is 11.5 Å². The number of hydrogen-bond donors (Lipinski definition) is 1. The molecule has 2 aromatic carbocycles. The zero-order valence-electron chi connectivity index (χ0n) is 28.2. The van der Waals surface area contributed by atoms with Crippen molar-refractivity contribution in [2.24, 2.45) is 0 Å². The van der Waals surface area contributed by atoms with Crippen LogP contribution < -0.4 is 9.47 Å². The lowest BCUT2D eigenvalue weighted by Gasteiger charge is -2.32. The van der Waals surface area contributed by atoms with Gasteiger partial charge in [-0.05, 0) is 65.8 Å². The largest absolute Gasteiger partial charge is 0.496 e. The molecule has 42 heavy (non-hydrogen) atoms. The molecule has 2 aromatic rings. The van der Waals surface area contributed by atoms with Crippen molar-refractivity contribution >= 4 is 35.5 Å². The zero-order valence-corrected chi connectivity index (χ0v) is 29.8. The zero-order chi connectivity index (χ0) is 32.4. The van der Waals surface area contributed by atoms with Crippen molar-refractivity contribution in [3.05, 3.63) is 46.5 Å². The summed E-state index contributed by atoms with van der Waals surface area (Å²) in [5, 5.41) is 9.05. The van der Waals surface area contributed by atoms with Gasteiger partial charge >= 0.3 is 11.9 Å². The van der Waals surface area contributed by atoms with Gasteiger partial charge in [0.05, 0.1) is 24.0 Å². The molecule has 0 radical (unpaired) electrons. The molecule has 0 atom stereocenters. The van der Waals surface area contributed by atoms with E-state index >= 15 is 0 Å². The van der Waals surface area contributed by atoms with Crippen LogP contribution in [0.5, 0.6) is 11.5 Å². The summed E-state index contributed by atoms with van der Waals surface area (Å²) in [7, 11) is 1.76. The number of rotatable bonds is 10. The molecule has 1 N–H and O–H groups in total. The molecule has 2 rings (SSSR count). The standard InChI is InChI=1S/C35H52O5S2/c1-21(2)24-17-22(18-25(30(24)39-14)32(3,4)5)41-35(12,13)42-23-19-26(33(6,7)8)31(27(20-23)34(9,10)11)40-29(38)16-15-28(36)37/h17-21H,15-16H2,1-14H3,(H,36,37). The Morgan fingerprint density at radius 1 is 0.714 bits per heavy atom. The summed E-state index contributed by atoms with van der Waals surface area (Å²) in [6, 6.07) is 8.82. The maximum atomic E-state index is 12.7. The average molecular weight is 617 g/mol. The van der Waals surface area contributed by atoms with Crippen LogP contribution in [0.4, 0.5) is 0 Å². The molecular formula is C35H52O5S2.